The highest BCUT2D eigenvalue weighted by molar-refractivity contribution is 5.95. The Morgan fingerprint density at radius 3 is 2.26 bits per heavy atom. The molecule has 0 N–H and O–H groups in total. The lowest BCUT2D eigenvalue weighted by Gasteiger charge is -2.57. The van der Waals surface area contributed by atoms with Crippen molar-refractivity contribution in [1.29, 1.82) is 0 Å². The molecule has 2 heterocycles. The number of hydrogen-bond acceptors (Lipinski definition) is 3. The van der Waals surface area contributed by atoms with Crippen LogP contribution in [-0.2, 0) is 6.18 Å². The van der Waals surface area contributed by atoms with E-state index < -0.39 is 11.7 Å². The number of hydrogen-bond donors (Lipinski definition) is 0. The largest absolute Gasteiger partial charge is 0.417 e. The zero-order valence-corrected chi connectivity index (χ0v) is 17.8. The van der Waals surface area contributed by atoms with E-state index in [1.54, 1.807) is 6.92 Å². The average Bonchev–Trinajstić information content (AvgIpc) is 3.06. The van der Waals surface area contributed by atoms with E-state index in [-0.39, 0.29) is 17.1 Å². The molecule has 0 unspecified atom stereocenters. The molecule has 0 aromatic carbocycles. The summed E-state index contributed by atoms with van der Waals surface area (Å²) >= 11 is 0. The van der Waals surface area contributed by atoms with Crippen LogP contribution in [0.3, 0.4) is 0 Å². The van der Waals surface area contributed by atoms with E-state index in [1.807, 2.05) is 11.9 Å². The molecule has 2 aromatic heterocycles. The molecule has 0 spiro atoms. The minimum absolute atomic E-state index is 0.0913. The first-order chi connectivity index (χ1) is 14.6. The van der Waals surface area contributed by atoms with E-state index >= 15 is 0 Å². The molecule has 2 aromatic rings. The molecular weight excluding hydrogens is 405 g/mol. The van der Waals surface area contributed by atoms with E-state index in [0.29, 0.717) is 11.3 Å². The Morgan fingerprint density at radius 1 is 1.13 bits per heavy atom. The Balaban J connectivity index is 1.33. The van der Waals surface area contributed by atoms with E-state index in [4.69, 9.17) is 0 Å². The van der Waals surface area contributed by atoms with Gasteiger partial charge in [0.25, 0.3) is 5.91 Å². The fraction of sp³-hybridized carbons (Fsp3) is 0.609. The summed E-state index contributed by atoms with van der Waals surface area (Å²) in [6.45, 7) is 2.51. The van der Waals surface area contributed by atoms with Crippen LogP contribution in [0.15, 0.2) is 24.5 Å². The van der Waals surface area contributed by atoms with Crippen LogP contribution in [0.25, 0.3) is 5.82 Å². The van der Waals surface area contributed by atoms with Crippen molar-refractivity contribution in [3.05, 3.63) is 41.3 Å². The Labute approximate surface area is 179 Å². The van der Waals surface area contributed by atoms with Crippen molar-refractivity contribution >= 4 is 5.91 Å². The van der Waals surface area contributed by atoms with Gasteiger partial charge < -0.3 is 4.90 Å². The molecule has 31 heavy (non-hydrogen) atoms. The summed E-state index contributed by atoms with van der Waals surface area (Å²) in [4.78, 5) is 18.9. The van der Waals surface area contributed by atoms with Gasteiger partial charge in [0.15, 0.2) is 5.82 Å². The second-order valence-corrected chi connectivity index (χ2v) is 10.0. The number of nitrogens with zero attached hydrogens (tertiary/aromatic N) is 4. The van der Waals surface area contributed by atoms with Gasteiger partial charge in [0.2, 0.25) is 0 Å². The zero-order valence-electron chi connectivity index (χ0n) is 17.8. The Hall–Kier alpha value is -2.38. The van der Waals surface area contributed by atoms with Gasteiger partial charge >= 0.3 is 6.18 Å². The standard InChI is InChI=1S/C23H27F3N4O/c1-14-19(12-28-30(14)20-4-3-18(11-27-20)23(24,25)26)21(31)29(2)13-22-8-15-5-16(9-22)7-17(6-15)10-22/h3-4,11-12,15-17H,5-10,13H2,1-2H3. The van der Waals surface area contributed by atoms with Crippen LogP contribution in [0.4, 0.5) is 13.2 Å². The van der Waals surface area contributed by atoms with Gasteiger partial charge in [-0.25, -0.2) is 9.67 Å². The van der Waals surface area contributed by atoms with Gasteiger partial charge in [-0.3, -0.25) is 4.79 Å². The highest BCUT2D eigenvalue weighted by Gasteiger charge is 2.51. The molecule has 0 aliphatic heterocycles. The van der Waals surface area contributed by atoms with Gasteiger partial charge in [-0.2, -0.15) is 18.3 Å². The predicted octanol–water partition coefficient (Wildman–Crippen LogP) is 4.88. The number of rotatable bonds is 4. The maximum absolute atomic E-state index is 13.2. The minimum Gasteiger partial charge on any atom is -0.341 e. The maximum atomic E-state index is 13.2. The van der Waals surface area contributed by atoms with Crippen LogP contribution in [0.5, 0.6) is 0 Å². The van der Waals surface area contributed by atoms with E-state index in [2.05, 4.69) is 10.1 Å². The molecule has 4 fully saturated rings. The first-order valence-corrected chi connectivity index (χ1v) is 11.0. The van der Waals surface area contributed by atoms with Crippen LogP contribution in [0, 0.1) is 30.1 Å². The van der Waals surface area contributed by atoms with Crippen LogP contribution < -0.4 is 0 Å². The molecule has 166 valence electrons. The fourth-order valence-corrected chi connectivity index (χ4v) is 6.79. The number of carbonyl (C=O) groups is 1. The molecule has 4 saturated carbocycles. The number of halogens is 3. The number of alkyl halides is 3. The van der Waals surface area contributed by atoms with Gasteiger partial charge in [0.05, 0.1) is 23.0 Å². The van der Waals surface area contributed by atoms with Crippen molar-refractivity contribution < 1.29 is 18.0 Å². The summed E-state index contributed by atoms with van der Waals surface area (Å²) in [6.07, 6.45) is 5.61. The molecule has 0 atom stereocenters. The fourth-order valence-electron chi connectivity index (χ4n) is 6.79. The number of aromatic nitrogens is 3. The Morgan fingerprint density at radius 2 is 1.74 bits per heavy atom. The number of pyridine rings is 1. The molecule has 6 rings (SSSR count). The van der Waals surface area contributed by atoms with Crippen LogP contribution in [0.2, 0.25) is 0 Å². The number of amides is 1. The smallest absolute Gasteiger partial charge is 0.341 e. The summed E-state index contributed by atoms with van der Waals surface area (Å²) in [5, 5.41) is 4.23. The third-order valence-corrected chi connectivity index (χ3v) is 7.62. The first kappa shape index (κ1) is 20.5. The third kappa shape index (κ3) is 3.64. The van der Waals surface area contributed by atoms with Gasteiger partial charge in [-0.1, -0.05) is 0 Å². The molecular formula is C23H27F3N4O. The van der Waals surface area contributed by atoms with Crippen molar-refractivity contribution in [3.63, 3.8) is 0 Å². The SMILES string of the molecule is Cc1c(C(=O)N(C)CC23CC4CC(CC(C4)C2)C3)cnn1-c1ccc(C(F)(F)F)cn1. The molecule has 0 saturated heterocycles. The van der Waals surface area contributed by atoms with E-state index in [0.717, 1.165) is 36.6 Å². The highest BCUT2D eigenvalue weighted by Crippen LogP contribution is 2.60. The van der Waals surface area contributed by atoms with Gasteiger partial charge in [-0.05, 0) is 80.8 Å². The summed E-state index contributed by atoms with van der Waals surface area (Å²) in [6, 6.07) is 2.25. The minimum atomic E-state index is -4.44. The van der Waals surface area contributed by atoms with Crippen molar-refractivity contribution in [2.24, 2.45) is 23.2 Å². The maximum Gasteiger partial charge on any atom is 0.417 e. The molecule has 0 radical (unpaired) electrons. The summed E-state index contributed by atoms with van der Waals surface area (Å²) in [7, 11) is 1.86. The van der Waals surface area contributed by atoms with Gasteiger partial charge in [-0.15, -0.1) is 0 Å². The van der Waals surface area contributed by atoms with E-state index in [9.17, 15) is 18.0 Å². The molecule has 4 aliphatic carbocycles. The second-order valence-electron chi connectivity index (χ2n) is 10.0. The van der Waals surface area contributed by atoms with Crippen LogP contribution >= 0.6 is 0 Å². The lowest BCUT2D eigenvalue weighted by atomic mass is 9.49. The van der Waals surface area contributed by atoms with Crippen molar-refractivity contribution in [3.8, 4) is 5.82 Å². The Kier molecular flexibility index (Phi) is 4.68. The zero-order chi connectivity index (χ0) is 22.0. The van der Waals surface area contributed by atoms with Gasteiger partial charge in [0.1, 0.15) is 0 Å². The second kappa shape index (κ2) is 7.07. The first-order valence-electron chi connectivity index (χ1n) is 11.0. The monoisotopic (exact) mass is 432 g/mol. The molecule has 4 aliphatic rings. The Bertz CT molecular complexity index is 960. The molecule has 4 bridgehead atoms. The quantitative estimate of drug-likeness (QED) is 0.692. The molecule has 1 amide bonds. The third-order valence-electron chi connectivity index (χ3n) is 7.62. The highest BCUT2D eigenvalue weighted by atomic mass is 19.4. The van der Waals surface area contributed by atoms with Crippen LogP contribution in [-0.4, -0.2) is 39.2 Å². The summed E-state index contributed by atoms with van der Waals surface area (Å²) in [5.41, 5.74) is 0.481. The van der Waals surface area contributed by atoms with Gasteiger partial charge in [0, 0.05) is 19.8 Å². The molecule has 5 nitrogen and oxygen atoms in total. The lowest BCUT2D eigenvalue weighted by molar-refractivity contribution is -0.137. The molecule has 8 heteroatoms. The topological polar surface area (TPSA) is 51.0 Å². The number of carbonyl (C=O) groups excluding carboxylic acids is 1. The van der Waals surface area contributed by atoms with Crippen molar-refractivity contribution in [1.82, 2.24) is 19.7 Å². The normalized spacial score (nSPS) is 29.4. The van der Waals surface area contributed by atoms with Crippen molar-refractivity contribution in [2.75, 3.05) is 13.6 Å². The predicted molar refractivity (Wildman–Crippen MR) is 109 cm³/mol. The summed E-state index contributed by atoms with van der Waals surface area (Å²) < 4.78 is 39.8. The van der Waals surface area contributed by atoms with Crippen molar-refractivity contribution in [2.45, 2.75) is 51.6 Å². The van der Waals surface area contributed by atoms with Crippen LogP contribution in [0.1, 0.15) is 60.1 Å². The average molecular weight is 432 g/mol. The van der Waals surface area contributed by atoms with E-state index in [1.165, 1.54) is 55.5 Å². The summed E-state index contributed by atoms with van der Waals surface area (Å²) in [5.74, 6) is 2.64. The lowest BCUT2D eigenvalue weighted by Crippen LogP contribution is -2.51.